The summed E-state index contributed by atoms with van der Waals surface area (Å²) in [5, 5.41) is 0.630. The summed E-state index contributed by atoms with van der Waals surface area (Å²) in [6, 6.07) is 1.81. The summed E-state index contributed by atoms with van der Waals surface area (Å²) < 4.78 is 5.85. The number of anilines is 1. The van der Waals surface area contributed by atoms with Gasteiger partial charge in [0.25, 0.3) is 0 Å². The second-order valence-electron chi connectivity index (χ2n) is 6.90. The number of hydrogen-bond donors (Lipinski definition) is 1. The number of ether oxygens (including phenoxy) is 1. The van der Waals surface area contributed by atoms with Gasteiger partial charge in [-0.05, 0) is 53.2 Å². The van der Waals surface area contributed by atoms with Crippen LogP contribution in [-0.2, 0) is 4.74 Å². The van der Waals surface area contributed by atoms with Gasteiger partial charge in [0.2, 0.25) is 0 Å². The molecule has 1 saturated heterocycles. The van der Waals surface area contributed by atoms with Gasteiger partial charge in [0.1, 0.15) is 5.60 Å². The van der Waals surface area contributed by atoms with E-state index < -0.39 is 0 Å². The molecule has 0 atom stereocenters. The molecular weight excluding hydrogens is 298 g/mol. The van der Waals surface area contributed by atoms with Gasteiger partial charge >= 0.3 is 0 Å². The first-order valence-electron chi connectivity index (χ1n) is 7.73. The van der Waals surface area contributed by atoms with Crippen LogP contribution in [0.2, 0.25) is 5.02 Å². The topological polar surface area (TPSA) is 51.4 Å². The highest BCUT2D eigenvalue weighted by atomic mass is 35.5. The van der Waals surface area contributed by atoms with Gasteiger partial charge < -0.3 is 15.4 Å². The number of likely N-dealkylation sites (tertiary alicyclic amines) is 1. The van der Waals surface area contributed by atoms with Crippen molar-refractivity contribution in [2.45, 2.75) is 52.1 Å². The first kappa shape index (κ1) is 16.9. The molecule has 2 heterocycles. The van der Waals surface area contributed by atoms with Crippen LogP contribution in [0.3, 0.4) is 0 Å². The van der Waals surface area contributed by atoms with E-state index >= 15 is 0 Å². The molecule has 0 aromatic carbocycles. The third-order valence-electron chi connectivity index (χ3n) is 3.87. The van der Waals surface area contributed by atoms with Crippen molar-refractivity contribution in [3.8, 4) is 0 Å². The Bertz CT molecular complexity index is 558. The lowest BCUT2D eigenvalue weighted by Gasteiger charge is -2.36. The molecule has 0 unspecified atom stereocenters. The Balaban J connectivity index is 2.01. The molecule has 0 radical (unpaired) electrons. The predicted molar refractivity (Wildman–Crippen MR) is 91.9 cm³/mol. The standard InChI is InChI=1S/C17H26ClN3O/c1-11-14(18)10-15(19)16(20-11)13-6-8-21(9-7-13)12(2)22-17(3,4)5/h10,13H,2,6-9,19H2,1,3-5H3. The van der Waals surface area contributed by atoms with Crippen LogP contribution >= 0.6 is 11.6 Å². The van der Waals surface area contributed by atoms with Crippen LogP contribution in [0.25, 0.3) is 0 Å². The van der Waals surface area contributed by atoms with Crippen molar-refractivity contribution in [3.05, 3.63) is 34.9 Å². The van der Waals surface area contributed by atoms with Crippen molar-refractivity contribution < 1.29 is 4.74 Å². The molecule has 0 saturated carbocycles. The molecule has 5 heteroatoms. The Morgan fingerprint density at radius 1 is 1.41 bits per heavy atom. The average molecular weight is 324 g/mol. The monoisotopic (exact) mass is 323 g/mol. The van der Waals surface area contributed by atoms with Gasteiger partial charge in [-0.25, -0.2) is 0 Å². The fourth-order valence-corrected chi connectivity index (χ4v) is 2.92. The Labute approximate surface area is 138 Å². The molecule has 122 valence electrons. The first-order chi connectivity index (χ1) is 10.2. The summed E-state index contributed by atoms with van der Waals surface area (Å²) in [6.07, 6.45) is 1.98. The minimum absolute atomic E-state index is 0.215. The van der Waals surface area contributed by atoms with E-state index in [1.165, 1.54) is 0 Å². The lowest BCUT2D eigenvalue weighted by molar-refractivity contribution is -0.00301. The molecule has 1 fully saturated rings. The predicted octanol–water partition coefficient (Wildman–Crippen LogP) is 4.09. The maximum atomic E-state index is 6.10. The molecule has 22 heavy (non-hydrogen) atoms. The molecule has 0 spiro atoms. The molecule has 0 bridgehead atoms. The van der Waals surface area contributed by atoms with Gasteiger partial charge in [0.15, 0.2) is 5.88 Å². The molecule has 4 nitrogen and oxygen atoms in total. The van der Waals surface area contributed by atoms with E-state index in [4.69, 9.17) is 22.1 Å². The smallest absolute Gasteiger partial charge is 0.182 e. The molecule has 0 aliphatic carbocycles. The summed E-state index contributed by atoms with van der Waals surface area (Å²) >= 11 is 6.07. The average Bonchev–Trinajstić information content (AvgIpc) is 2.41. The van der Waals surface area contributed by atoms with Gasteiger partial charge in [-0.3, -0.25) is 4.98 Å². The van der Waals surface area contributed by atoms with Crippen LogP contribution < -0.4 is 5.73 Å². The highest BCUT2D eigenvalue weighted by Gasteiger charge is 2.26. The fourth-order valence-electron chi connectivity index (χ4n) is 2.76. The number of pyridine rings is 1. The first-order valence-corrected chi connectivity index (χ1v) is 8.10. The maximum Gasteiger partial charge on any atom is 0.182 e. The third-order valence-corrected chi connectivity index (χ3v) is 4.25. The number of aryl methyl sites for hydroxylation is 1. The summed E-state index contributed by atoms with van der Waals surface area (Å²) in [4.78, 5) is 6.79. The number of halogens is 1. The van der Waals surface area contributed by atoms with Gasteiger partial charge in [-0.15, -0.1) is 0 Å². The summed E-state index contributed by atoms with van der Waals surface area (Å²) in [5.41, 5.74) is 8.39. The number of nitrogens with zero attached hydrogens (tertiary/aromatic N) is 2. The Hall–Kier alpha value is -1.42. The van der Waals surface area contributed by atoms with Crippen molar-refractivity contribution in [3.63, 3.8) is 0 Å². The number of nitrogen functional groups attached to an aromatic ring is 1. The minimum Gasteiger partial charge on any atom is -0.474 e. The van der Waals surface area contributed by atoms with Crippen LogP contribution in [0.15, 0.2) is 18.5 Å². The van der Waals surface area contributed by atoms with E-state index in [0.717, 1.165) is 43.2 Å². The van der Waals surface area contributed by atoms with Gasteiger partial charge in [-0.1, -0.05) is 11.6 Å². The number of aromatic nitrogens is 1. The molecule has 2 N–H and O–H groups in total. The van der Waals surface area contributed by atoms with E-state index in [-0.39, 0.29) is 5.60 Å². The van der Waals surface area contributed by atoms with Crippen LogP contribution in [0.4, 0.5) is 5.69 Å². The maximum absolute atomic E-state index is 6.10. The van der Waals surface area contributed by atoms with Crippen LogP contribution in [-0.4, -0.2) is 28.6 Å². The van der Waals surface area contributed by atoms with E-state index in [9.17, 15) is 0 Å². The van der Waals surface area contributed by atoms with Crippen LogP contribution in [0.1, 0.15) is 50.9 Å². The zero-order chi connectivity index (χ0) is 16.5. The number of rotatable bonds is 3. The van der Waals surface area contributed by atoms with Crippen molar-refractivity contribution in [1.29, 1.82) is 0 Å². The van der Waals surface area contributed by atoms with Gasteiger partial charge in [-0.2, -0.15) is 0 Å². The Kier molecular flexibility index (Phi) is 4.90. The van der Waals surface area contributed by atoms with Crippen LogP contribution in [0.5, 0.6) is 0 Å². The zero-order valence-corrected chi connectivity index (χ0v) is 14.7. The van der Waals surface area contributed by atoms with E-state index in [1.807, 2.05) is 33.8 Å². The van der Waals surface area contributed by atoms with Gasteiger partial charge in [0, 0.05) is 19.0 Å². The van der Waals surface area contributed by atoms with Gasteiger partial charge in [0.05, 0.1) is 22.1 Å². The number of nitrogens with two attached hydrogens (primary N) is 1. The lowest BCUT2D eigenvalue weighted by Crippen LogP contribution is -2.35. The molecule has 1 aliphatic heterocycles. The largest absolute Gasteiger partial charge is 0.474 e. The molecular formula is C17H26ClN3O. The van der Waals surface area contributed by atoms with E-state index in [1.54, 1.807) is 0 Å². The molecule has 0 amide bonds. The van der Waals surface area contributed by atoms with Crippen molar-refractivity contribution in [2.24, 2.45) is 0 Å². The quantitative estimate of drug-likeness (QED) is 0.851. The zero-order valence-electron chi connectivity index (χ0n) is 13.9. The molecule has 1 aromatic rings. The SMILES string of the molecule is C=C(OC(C)(C)C)N1CCC(c2nc(C)c(Cl)cc2N)CC1. The normalized spacial score (nSPS) is 16.7. The number of piperidine rings is 1. The second-order valence-corrected chi connectivity index (χ2v) is 7.31. The van der Waals surface area contributed by atoms with Crippen molar-refractivity contribution >= 4 is 17.3 Å². The summed E-state index contributed by atoms with van der Waals surface area (Å²) in [5.74, 6) is 1.12. The minimum atomic E-state index is -0.215. The molecule has 1 aromatic heterocycles. The van der Waals surface area contributed by atoms with Crippen molar-refractivity contribution in [2.75, 3.05) is 18.8 Å². The third kappa shape index (κ3) is 4.07. The summed E-state index contributed by atoms with van der Waals surface area (Å²) in [6.45, 7) is 13.9. The van der Waals surface area contributed by atoms with E-state index in [0.29, 0.717) is 16.6 Å². The molecule has 2 rings (SSSR count). The number of hydrogen-bond acceptors (Lipinski definition) is 4. The van der Waals surface area contributed by atoms with Crippen molar-refractivity contribution in [1.82, 2.24) is 9.88 Å². The Morgan fingerprint density at radius 3 is 2.55 bits per heavy atom. The lowest BCUT2D eigenvalue weighted by atomic mass is 9.92. The molecule has 1 aliphatic rings. The fraction of sp³-hybridized carbons (Fsp3) is 0.588. The van der Waals surface area contributed by atoms with Crippen LogP contribution in [0, 0.1) is 6.92 Å². The Morgan fingerprint density at radius 2 is 2.00 bits per heavy atom. The highest BCUT2D eigenvalue weighted by molar-refractivity contribution is 6.31. The summed E-state index contributed by atoms with van der Waals surface area (Å²) in [7, 11) is 0. The second kappa shape index (κ2) is 6.37. The highest BCUT2D eigenvalue weighted by Crippen LogP contribution is 2.33. The van der Waals surface area contributed by atoms with E-state index in [2.05, 4.69) is 16.5 Å².